The number of hydrogen-bond acceptors (Lipinski definition) is 7. The minimum atomic E-state index is -1.11. The molecule has 204 valence electrons. The van der Waals surface area contributed by atoms with Crippen molar-refractivity contribution in [3.05, 3.63) is 59.7 Å². The van der Waals surface area contributed by atoms with E-state index in [1.807, 2.05) is 20.8 Å². The quantitative estimate of drug-likeness (QED) is 0.209. The fourth-order valence-corrected chi connectivity index (χ4v) is 4.31. The number of aliphatic hydroxyl groups is 1. The van der Waals surface area contributed by atoms with Crippen LogP contribution in [-0.2, 0) is 24.5 Å². The van der Waals surface area contributed by atoms with Gasteiger partial charge in [-0.1, -0.05) is 64.3 Å². The van der Waals surface area contributed by atoms with Crippen LogP contribution in [0.15, 0.2) is 48.5 Å². The Morgan fingerprint density at radius 2 is 1.32 bits per heavy atom. The van der Waals surface area contributed by atoms with Crippen LogP contribution < -0.4 is 0 Å². The summed E-state index contributed by atoms with van der Waals surface area (Å²) >= 11 is 0. The summed E-state index contributed by atoms with van der Waals surface area (Å²) in [5, 5.41) is 29.6. The molecule has 2 atom stereocenters. The maximum absolute atomic E-state index is 12.6. The average molecular weight is 515 g/mol. The van der Waals surface area contributed by atoms with Crippen LogP contribution in [0.2, 0.25) is 0 Å². The summed E-state index contributed by atoms with van der Waals surface area (Å²) in [4.78, 5) is 25.1. The Morgan fingerprint density at radius 3 is 1.81 bits per heavy atom. The number of esters is 2. The molecule has 2 rings (SSSR count). The van der Waals surface area contributed by atoms with Gasteiger partial charge >= 0.3 is 11.9 Å². The molecule has 0 heterocycles. The van der Waals surface area contributed by atoms with Crippen LogP contribution in [0.25, 0.3) is 0 Å². The molecule has 0 spiro atoms. The van der Waals surface area contributed by atoms with Crippen LogP contribution in [0.5, 0.6) is 11.5 Å². The van der Waals surface area contributed by atoms with Gasteiger partial charge in [0.1, 0.15) is 30.8 Å². The van der Waals surface area contributed by atoms with Crippen molar-refractivity contribution in [1.29, 1.82) is 0 Å². The highest BCUT2D eigenvalue weighted by molar-refractivity contribution is 5.76. The van der Waals surface area contributed by atoms with Crippen LogP contribution in [0.1, 0.15) is 83.8 Å². The van der Waals surface area contributed by atoms with E-state index in [-0.39, 0.29) is 37.1 Å². The van der Waals surface area contributed by atoms with Gasteiger partial charge < -0.3 is 24.8 Å². The molecule has 0 saturated carbocycles. The summed E-state index contributed by atoms with van der Waals surface area (Å²) in [5.41, 5.74) is 0.623. The second-order valence-electron chi connectivity index (χ2n) is 10.2. The third kappa shape index (κ3) is 8.78. The van der Waals surface area contributed by atoms with Crippen LogP contribution in [0.4, 0.5) is 0 Å². The van der Waals surface area contributed by atoms with Gasteiger partial charge in [-0.3, -0.25) is 9.59 Å². The summed E-state index contributed by atoms with van der Waals surface area (Å²) in [5.74, 6) is -0.528. The molecule has 0 aliphatic rings. The molecular formula is C30H42O7. The van der Waals surface area contributed by atoms with Gasteiger partial charge in [0.05, 0.1) is 5.41 Å². The highest BCUT2D eigenvalue weighted by atomic mass is 16.6. The van der Waals surface area contributed by atoms with E-state index in [2.05, 4.69) is 6.92 Å². The van der Waals surface area contributed by atoms with E-state index < -0.39 is 22.9 Å². The predicted octanol–water partition coefficient (Wildman–Crippen LogP) is 5.63. The lowest BCUT2D eigenvalue weighted by atomic mass is 9.73. The number of aromatic hydroxyl groups is 2. The number of carbonyl (C=O) groups is 2. The van der Waals surface area contributed by atoms with Gasteiger partial charge in [-0.15, -0.1) is 0 Å². The van der Waals surface area contributed by atoms with Crippen molar-refractivity contribution in [3.63, 3.8) is 0 Å². The number of aliphatic hydroxyl groups excluding tert-OH is 1. The first-order valence-corrected chi connectivity index (χ1v) is 13.1. The predicted molar refractivity (Wildman–Crippen MR) is 142 cm³/mol. The van der Waals surface area contributed by atoms with Gasteiger partial charge in [-0.25, -0.2) is 0 Å². The van der Waals surface area contributed by atoms with Gasteiger partial charge in [-0.05, 0) is 61.6 Å². The topological polar surface area (TPSA) is 113 Å². The molecule has 2 aromatic carbocycles. The van der Waals surface area contributed by atoms with E-state index in [9.17, 15) is 24.9 Å². The summed E-state index contributed by atoms with van der Waals surface area (Å²) < 4.78 is 10.6. The molecule has 0 amide bonds. The zero-order valence-corrected chi connectivity index (χ0v) is 22.5. The van der Waals surface area contributed by atoms with E-state index in [0.29, 0.717) is 12.8 Å². The lowest BCUT2D eigenvalue weighted by Crippen LogP contribution is -2.33. The van der Waals surface area contributed by atoms with Gasteiger partial charge in [0.2, 0.25) is 0 Å². The fourth-order valence-electron chi connectivity index (χ4n) is 4.31. The minimum Gasteiger partial charge on any atom is -0.508 e. The average Bonchev–Trinajstić information content (AvgIpc) is 2.89. The van der Waals surface area contributed by atoms with Crippen LogP contribution in [0, 0.1) is 5.41 Å². The Hall–Kier alpha value is -3.06. The normalized spacial score (nSPS) is 14.0. The second kappa shape index (κ2) is 14.0. The Labute approximate surface area is 220 Å². The highest BCUT2D eigenvalue weighted by Crippen LogP contribution is 2.38. The Bertz CT molecular complexity index is 938. The van der Waals surface area contributed by atoms with Crippen molar-refractivity contribution in [1.82, 2.24) is 0 Å². The third-order valence-corrected chi connectivity index (χ3v) is 7.29. The van der Waals surface area contributed by atoms with E-state index in [4.69, 9.17) is 9.47 Å². The summed E-state index contributed by atoms with van der Waals surface area (Å²) in [6, 6.07) is 13.6. The van der Waals surface area contributed by atoms with Gasteiger partial charge in [-0.2, -0.15) is 0 Å². The molecule has 2 unspecified atom stereocenters. The highest BCUT2D eigenvalue weighted by Gasteiger charge is 2.33. The molecule has 37 heavy (non-hydrogen) atoms. The van der Waals surface area contributed by atoms with E-state index in [0.717, 1.165) is 36.8 Å². The Kier molecular flexibility index (Phi) is 11.4. The molecule has 0 bridgehead atoms. The molecule has 0 aliphatic carbocycles. The molecule has 7 nitrogen and oxygen atoms in total. The summed E-state index contributed by atoms with van der Waals surface area (Å²) in [7, 11) is 0. The molecule has 3 N–H and O–H groups in total. The number of rotatable bonds is 15. The maximum atomic E-state index is 12.6. The monoisotopic (exact) mass is 514 g/mol. The summed E-state index contributed by atoms with van der Waals surface area (Å²) in [6.45, 7) is 7.44. The van der Waals surface area contributed by atoms with Crippen LogP contribution in [0.3, 0.4) is 0 Å². The fraction of sp³-hybridized carbons (Fsp3) is 0.533. The SMILES string of the molecule is CCCCCC(C)(CC)C(=O)OCC(O)COC(=O)CCC(C)(c1ccc(O)cc1)c1ccc(O)cc1. The van der Waals surface area contributed by atoms with Crippen molar-refractivity contribution < 1.29 is 34.4 Å². The van der Waals surface area contributed by atoms with Crippen LogP contribution >= 0.6 is 0 Å². The molecule has 7 heteroatoms. The number of unbranched alkanes of at least 4 members (excludes halogenated alkanes) is 2. The van der Waals surface area contributed by atoms with Crippen molar-refractivity contribution in [2.75, 3.05) is 13.2 Å². The number of ether oxygens (including phenoxy) is 2. The van der Waals surface area contributed by atoms with E-state index in [1.54, 1.807) is 48.5 Å². The van der Waals surface area contributed by atoms with E-state index >= 15 is 0 Å². The van der Waals surface area contributed by atoms with Gasteiger partial charge in [0.15, 0.2) is 0 Å². The zero-order valence-electron chi connectivity index (χ0n) is 22.5. The first-order chi connectivity index (χ1) is 17.5. The number of benzene rings is 2. The Balaban J connectivity index is 1.91. The first kappa shape index (κ1) is 30.2. The second-order valence-corrected chi connectivity index (χ2v) is 10.2. The molecule has 0 saturated heterocycles. The third-order valence-electron chi connectivity index (χ3n) is 7.29. The van der Waals surface area contributed by atoms with Crippen molar-refractivity contribution >= 4 is 11.9 Å². The van der Waals surface area contributed by atoms with Crippen molar-refractivity contribution in [3.8, 4) is 11.5 Å². The summed E-state index contributed by atoms with van der Waals surface area (Å²) in [6.07, 6.45) is 3.84. The minimum absolute atomic E-state index is 0.0795. The van der Waals surface area contributed by atoms with Gasteiger partial charge in [0.25, 0.3) is 0 Å². The molecule has 0 fully saturated rings. The number of phenolic OH excluding ortho intramolecular Hbond substituents is 2. The van der Waals surface area contributed by atoms with Gasteiger partial charge in [0, 0.05) is 11.8 Å². The largest absolute Gasteiger partial charge is 0.508 e. The standard InChI is InChI=1S/C30H42O7/c1-5-7-8-18-29(3,6-2)28(35)37-21-26(33)20-36-27(34)17-19-30(4,22-9-13-24(31)14-10-22)23-11-15-25(32)16-12-23/h9-16,26,31-33H,5-8,17-21H2,1-4H3. The number of hydrogen-bond donors (Lipinski definition) is 3. The number of phenols is 2. The molecule has 0 aliphatic heterocycles. The molecule has 0 aromatic heterocycles. The van der Waals surface area contributed by atoms with Crippen molar-refractivity contribution in [2.24, 2.45) is 5.41 Å². The Morgan fingerprint density at radius 1 is 0.811 bits per heavy atom. The van der Waals surface area contributed by atoms with E-state index in [1.165, 1.54) is 0 Å². The lowest BCUT2D eigenvalue weighted by molar-refractivity contribution is -0.161. The molecular weight excluding hydrogens is 472 g/mol. The lowest BCUT2D eigenvalue weighted by Gasteiger charge is -2.31. The van der Waals surface area contributed by atoms with Crippen molar-refractivity contribution in [2.45, 2.75) is 84.2 Å². The molecule has 0 radical (unpaired) electrons. The smallest absolute Gasteiger partial charge is 0.311 e. The number of carbonyl (C=O) groups excluding carboxylic acids is 2. The molecule has 2 aromatic rings. The first-order valence-electron chi connectivity index (χ1n) is 13.1. The maximum Gasteiger partial charge on any atom is 0.311 e. The zero-order chi connectivity index (χ0) is 27.5. The van der Waals surface area contributed by atoms with Crippen LogP contribution in [-0.4, -0.2) is 46.6 Å².